The van der Waals surface area contributed by atoms with Crippen LogP contribution in [0.3, 0.4) is 0 Å². The maximum atomic E-state index is 11.7. The Bertz CT molecular complexity index is 238. The molecule has 0 spiro atoms. The third-order valence-corrected chi connectivity index (χ3v) is 1.59. The predicted molar refractivity (Wildman–Crippen MR) is 49.9 cm³/mol. The first-order valence-electron chi connectivity index (χ1n) is 4.16. The molecule has 0 unspecified atom stereocenters. The zero-order chi connectivity index (χ0) is 9.52. The molecule has 0 saturated heterocycles. The molecular weight excluding hydrogens is 171 g/mol. The molecule has 0 aliphatic carbocycles. The van der Waals surface area contributed by atoms with Crippen molar-refractivity contribution in [2.45, 2.75) is 6.42 Å². The predicted octanol–water partition coefficient (Wildman–Crippen LogP) is 1.86. The molecule has 0 aliphatic rings. The number of aromatic nitrogens is 1. The number of pyridine rings is 1. The van der Waals surface area contributed by atoms with Crippen molar-refractivity contribution in [2.75, 3.05) is 25.6 Å². The fourth-order valence-electron chi connectivity index (χ4n) is 0.905. The first-order chi connectivity index (χ1) is 6.36. The highest BCUT2D eigenvalue weighted by molar-refractivity contribution is 5.41. The molecular formula is C9H13FN2O. The molecule has 1 aromatic heterocycles. The van der Waals surface area contributed by atoms with Crippen LogP contribution in [0.2, 0.25) is 0 Å². The number of hydrogen-bond donors (Lipinski definition) is 1. The van der Waals surface area contributed by atoms with Crippen LogP contribution in [0.4, 0.5) is 10.1 Å². The van der Waals surface area contributed by atoms with Crippen molar-refractivity contribution in [3.8, 4) is 5.88 Å². The van der Waals surface area contributed by atoms with Crippen molar-refractivity contribution >= 4 is 5.69 Å². The van der Waals surface area contributed by atoms with Gasteiger partial charge in [-0.25, -0.2) is 4.98 Å². The number of hydrogen-bond acceptors (Lipinski definition) is 3. The fourth-order valence-corrected chi connectivity index (χ4v) is 0.905. The van der Waals surface area contributed by atoms with Crippen LogP contribution in [0.15, 0.2) is 18.3 Å². The van der Waals surface area contributed by atoms with Crippen molar-refractivity contribution in [3.05, 3.63) is 18.3 Å². The molecule has 1 N–H and O–H groups in total. The Morgan fingerprint density at radius 2 is 2.38 bits per heavy atom. The zero-order valence-corrected chi connectivity index (χ0v) is 7.59. The average Bonchev–Trinajstić information content (AvgIpc) is 2.19. The van der Waals surface area contributed by atoms with Gasteiger partial charge in [0.15, 0.2) is 0 Å². The number of nitrogens with one attached hydrogen (secondary N) is 1. The van der Waals surface area contributed by atoms with Crippen LogP contribution in [0.5, 0.6) is 5.88 Å². The van der Waals surface area contributed by atoms with Crippen LogP contribution in [0, 0.1) is 0 Å². The molecule has 1 rings (SSSR count). The molecule has 0 bridgehead atoms. The van der Waals surface area contributed by atoms with E-state index in [1.54, 1.807) is 19.4 Å². The van der Waals surface area contributed by atoms with E-state index in [1.165, 1.54) is 0 Å². The molecule has 13 heavy (non-hydrogen) atoms. The molecule has 3 nitrogen and oxygen atoms in total. The van der Waals surface area contributed by atoms with Gasteiger partial charge >= 0.3 is 0 Å². The summed E-state index contributed by atoms with van der Waals surface area (Å²) in [4.78, 5) is 4.00. The molecule has 4 heteroatoms. The van der Waals surface area contributed by atoms with E-state index in [1.807, 2.05) is 6.07 Å². The highest BCUT2D eigenvalue weighted by atomic mass is 19.1. The second-order valence-corrected chi connectivity index (χ2v) is 2.56. The number of anilines is 1. The van der Waals surface area contributed by atoms with E-state index < -0.39 is 0 Å². The lowest BCUT2D eigenvalue weighted by Crippen LogP contribution is -2.02. The lowest BCUT2D eigenvalue weighted by atomic mass is 10.4. The molecule has 1 heterocycles. The van der Waals surface area contributed by atoms with Crippen LogP contribution < -0.4 is 10.1 Å². The lowest BCUT2D eigenvalue weighted by molar-refractivity contribution is 0.398. The molecule has 0 aliphatic heterocycles. The van der Waals surface area contributed by atoms with Crippen LogP contribution in [-0.2, 0) is 0 Å². The topological polar surface area (TPSA) is 34.1 Å². The smallest absolute Gasteiger partial charge is 0.213 e. The Labute approximate surface area is 76.9 Å². The second kappa shape index (κ2) is 5.35. The SMILES string of the molecule is COc1ccc(NCCCF)cn1. The first-order valence-corrected chi connectivity index (χ1v) is 4.16. The first kappa shape index (κ1) is 9.77. The lowest BCUT2D eigenvalue weighted by Gasteiger charge is -2.04. The number of nitrogens with zero attached hydrogens (tertiary/aromatic N) is 1. The van der Waals surface area contributed by atoms with Crippen LogP contribution in [-0.4, -0.2) is 25.3 Å². The number of methoxy groups -OCH3 is 1. The van der Waals surface area contributed by atoms with E-state index in [-0.39, 0.29) is 6.67 Å². The largest absolute Gasteiger partial charge is 0.481 e. The van der Waals surface area contributed by atoms with E-state index >= 15 is 0 Å². The Morgan fingerprint density at radius 3 is 2.92 bits per heavy atom. The van der Waals surface area contributed by atoms with Crippen LogP contribution in [0.25, 0.3) is 0 Å². The van der Waals surface area contributed by atoms with Gasteiger partial charge in [0.2, 0.25) is 5.88 Å². The van der Waals surface area contributed by atoms with E-state index in [4.69, 9.17) is 4.74 Å². The minimum atomic E-state index is -0.295. The summed E-state index contributed by atoms with van der Waals surface area (Å²) in [5.74, 6) is 0.580. The minimum absolute atomic E-state index is 0.295. The maximum absolute atomic E-state index is 11.7. The normalized spacial score (nSPS) is 9.69. The van der Waals surface area contributed by atoms with Gasteiger partial charge in [-0.05, 0) is 12.5 Å². The summed E-state index contributed by atoms with van der Waals surface area (Å²) < 4.78 is 16.6. The molecule has 72 valence electrons. The molecule has 0 radical (unpaired) electrons. The Hall–Kier alpha value is -1.32. The third-order valence-electron chi connectivity index (χ3n) is 1.59. The summed E-state index contributed by atoms with van der Waals surface area (Å²) in [5, 5.41) is 3.04. The van der Waals surface area contributed by atoms with Gasteiger partial charge in [0.05, 0.1) is 25.7 Å². The number of ether oxygens (including phenoxy) is 1. The third kappa shape index (κ3) is 3.27. The highest BCUT2D eigenvalue weighted by Gasteiger charge is 1.93. The van der Waals surface area contributed by atoms with Gasteiger partial charge in [0.25, 0.3) is 0 Å². The quantitative estimate of drug-likeness (QED) is 0.709. The molecule has 0 saturated carbocycles. The monoisotopic (exact) mass is 184 g/mol. The average molecular weight is 184 g/mol. The molecule has 0 amide bonds. The Morgan fingerprint density at radius 1 is 1.54 bits per heavy atom. The van der Waals surface area contributed by atoms with Gasteiger partial charge in [-0.15, -0.1) is 0 Å². The number of alkyl halides is 1. The summed E-state index contributed by atoms with van der Waals surface area (Å²) in [6, 6.07) is 3.61. The molecule has 1 aromatic rings. The van der Waals surface area contributed by atoms with Crippen molar-refractivity contribution < 1.29 is 9.13 Å². The fraction of sp³-hybridized carbons (Fsp3) is 0.444. The summed E-state index contributed by atoms with van der Waals surface area (Å²) in [6.07, 6.45) is 2.18. The standard InChI is InChI=1S/C9H13FN2O/c1-13-9-4-3-8(7-12-9)11-6-2-5-10/h3-4,7,11H,2,5-6H2,1H3. The van der Waals surface area contributed by atoms with E-state index in [0.717, 1.165) is 5.69 Å². The summed E-state index contributed by atoms with van der Waals surface area (Å²) in [6.45, 7) is 0.334. The Kier molecular flexibility index (Phi) is 4.02. The zero-order valence-electron chi connectivity index (χ0n) is 7.59. The Balaban J connectivity index is 2.40. The van der Waals surface area contributed by atoms with E-state index in [9.17, 15) is 4.39 Å². The minimum Gasteiger partial charge on any atom is -0.481 e. The van der Waals surface area contributed by atoms with Crippen molar-refractivity contribution in [3.63, 3.8) is 0 Å². The van der Waals surface area contributed by atoms with E-state index in [0.29, 0.717) is 18.8 Å². The maximum Gasteiger partial charge on any atom is 0.213 e. The second-order valence-electron chi connectivity index (χ2n) is 2.56. The van der Waals surface area contributed by atoms with Crippen molar-refractivity contribution in [2.24, 2.45) is 0 Å². The summed E-state index contributed by atoms with van der Waals surface area (Å²) in [7, 11) is 1.57. The van der Waals surface area contributed by atoms with E-state index in [2.05, 4.69) is 10.3 Å². The number of halogens is 1. The highest BCUT2D eigenvalue weighted by Crippen LogP contribution is 2.10. The van der Waals surface area contributed by atoms with Gasteiger partial charge < -0.3 is 10.1 Å². The molecule has 0 atom stereocenters. The van der Waals surface area contributed by atoms with Crippen molar-refractivity contribution in [1.82, 2.24) is 4.98 Å². The van der Waals surface area contributed by atoms with Gasteiger partial charge in [-0.1, -0.05) is 0 Å². The van der Waals surface area contributed by atoms with Gasteiger partial charge in [0.1, 0.15) is 0 Å². The van der Waals surface area contributed by atoms with Crippen LogP contribution in [0.1, 0.15) is 6.42 Å². The molecule has 0 fully saturated rings. The molecule has 0 aromatic carbocycles. The van der Waals surface area contributed by atoms with Gasteiger partial charge in [-0.2, -0.15) is 0 Å². The summed E-state index contributed by atoms with van der Waals surface area (Å²) >= 11 is 0. The summed E-state index contributed by atoms with van der Waals surface area (Å²) in [5.41, 5.74) is 0.884. The van der Waals surface area contributed by atoms with Crippen molar-refractivity contribution in [1.29, 1.82) is 0 Å². The van der Waals surface area contributed by atoms with Crippen LogP contribution >= 0.6 is 0 Å². The van der Waals surface area contributed by atoms with Gasteiger partial charge in [-0.3, -0.25) is 4.39 Å². The van der Waals surface area contributed by atoms with Gasteiger partial charge in [0, 0.05) is 12.6 Å². The number of rotatable bonds is 5.